The number of rotatable bonds is 4. The van der Waals surface area contributed by atoms with Gasteiger partial charge in [0.1, 0.15) is 0 Å². The number of hydrogen-bond acceptors (Lipinski definition) is 1. The molecule has 0 bridgehead atoms. The number of nitrogens with two attached hydrogens (primary N) is 2. The van der Waals surface area contributed by atoms with Gasteiger partial charge in [-0.15, -0.1) is 0 Å². The van der Waals surface area contributed by atoms with Gasteiger partial charge in [-0.2, -0.15) is 0 Å². The highest BCUT2D eigenvalue weighted by Gasteiger charge is 2.39. The molecule has 0 aliphatic rings. The van der Waals surface area contributed by atoms with Crippen LogP contribution in [0.3, 0.4) is 0 Å². The molecule has 0 atom stereocenters. The third kappa shape index (κ3) is 3.99. The lowest BCUT2D eigenvalue weighted by Gasteiger charge is -2.12. The lowest BCUT2D eigenvalue weighted by Crippen LogP contribution is -2.29. The first-order chi connectivity index (χ1) is 5.36. The molecule has 0 aromatic heterocycles. The summed E-state index contributed by atoms with van der Waals surface area (Å²) in [7, 11) is 0. The van der Waals surface area contributed by atoms with Crippen molar-refractivity contribution in [1.82, 2.24) is 0 Å². The van der Waals surface area contributed by atoms with Gasteiger partial charge in [0, 0.05) is 13.0 Å². The van der Waals surface area contributed by atoms with Gasteiger partial charge in [0.25, 0.3) is 0 Å². The Morgan fingerprint density at radius 1 is 1.33 bits per heavy atom. The molecule has 0 radical (unpaired) electrons. The Kier molecular flexibility index (Phi) is 3.78. The van der Waals surface area contributed by atoms with E-state index in [4.69, 9.17) is 11.5 Å². The van der Waals surface area contributed by atoms with Crippen LogP contribution in [0, 0.1) is 0 Å². The zero-order valence-corrected chi connectivity index (χ0v) is 6.11. The monoisotopic (exact) mass is 187 g/mol. The van der Waals surface area contributed by atoms with E-state index in [0.717, 1.165) is 0 Å². The summed E-state index contributed by atoms with van der Waals surface area (Å²) in [5.74, 6) is -4.40. The third-order valence-electron chi connectivity index (χ3n) is 1.06. The minimum Gasteiger partial charge on any atom is -0.370 e. The van der Waals surface area contributed by atoms with Gasteiger partial charge in [0.2, 0.25) is 0 Å². The predicted octanol–water partition coefficient (Wildman–Crippen LogP) is 0.550. The Labute approximate surface area is 66.4 Å². The van der Waals surface area contributed by atoms with Gasteiger partial charge in [0.05, 0.1) is 0 Å². The van der Waals surface area contributed by atoms with Crippen molar-refractivity contribution >= 4 is 5.96 Å². The van der Waals surface area contributed by atoms with Crippen molar-refractivity contribution in [2.75, 3.05) is 6.54 Å². The normalized spacial score (nSPS) is 11.8. The van der Waals surface area contributed by atoms with Crippen LogP contribution in [0.4, 0.5) is 17.6 Å². The molecule has 0 rings (SSSR count). The molecule has 0 spiro atoms. The molecule has 7 heteroatoms. The highest BCUT2D eigenvalue weighted by Crippen LogP contribution is 2.26. The SMILES string of the molecule is NC(N)=NCCC(F)(F)C(F)F. The maximum atomic E-state index is 12.1. The topological polar surface area (TPSA) is 64.4 Å². The van der Waals surface area contributed by atoms with Gasteiger partial charge >= 0.3 is 12.3 Å². The Morgan fingerprint density at radius 2 is 1.83 bits per heavy atom. The molecule has 3 nitrogen and oxygen atoms in total. The highest BCUT2D eigenvalue weighted by atomic mass is 19.3. The molecule has 0 saturated carbocycles. The van der Waals surface area contributed by atoms with E-state index in [2.05, 4.69) is 4.99 Å². The fourth-order valence-corrected chi connectivity index (χ4v) is 0.443. The van der Waals surface area contributed by atoms with Crippen LogP contribution in [0.5, 0.6) is 0 Å². The van der Waals surface area contributed by atoms with E-state index in [-0.39, 0.29) is 5.96 Å². The molecule has 0 aliphatic carbocycles. The summed E-state index contributed by atoms with van der Waals surface area (Å²) in [5, 5.41) is 0. The summed E-state index contributed by atoms with van der Waals surface area (Å²) in [6.45, 7) is -0.500. The van der Waals surface area contributed by atoms with Crippen LogP contribution in [-0.4, -0.2) is 24.9 Å². The van der Waals surface area contributed by atoms with Crippen molar-refractivity contribution in [2.45, 2.75) is 18.8 Å². The lowest BCUT2D eigenvalue weighted by atomic mass is 10.2. The van der Waals surface area contributed by atoms with Gasteiger partial charge in [-0.1, -0.05) is 0 Å². The quantitative estimate of drug-likeness (QED) is 0.383. The van der Waals surface area contributed by atoms with E-state index in [1.54, 1.807) is 0 Å². The van der Waals surface area contributed by atoms with Crippen molar-refractivity contribution in [3.05, 3.63) is 0 Å². The van der Waals surface area contributed by atoms with Gasteiger partial charge in [-0.25, -0.2) is 17.6 Å². The largest absolute Gasteiger partial charge is 0.370 e. The van der Waals surface area contributed by atoms with Crippen molar-refractivity contribution in [1.29, 1.82) is 0 Å². The molecule has 0 aliphatic heterocycles. The highest BCUT2D eigenvalue weighted by molar-refractivity contribution is 5.75. The molecule has 72 valence electrons. The first-order valence-corrected chi connectivity index (χ1v) is 3.07. The first-order valence-electron chi connectivity index (χ1n) is 3.07. The van der Waals surface area contributed by atoms with Crippen molar-refractivity contribution in [3.8, 4) is 0 Å². The Balaban J connectivity index is 3.84. The fraction of sp³-hybridized carbons (Fsp3) is 0.800. The summed E-state index contributed by atoms with van der Waals surface area (Å²) < 4.78 is 47.1. The number of nitrogens with zero attached hydrogens (tertiary/aromatic N) is 1. The first kappa shape index (κ1) is 11.0. The molecule has 0 amide bonds. The molecule has 0 saturated heterocycles. The average molecular weight is 187 g/mol. The van der Waals surface area contributed by atoms with E-state index < -0.39 is 25.3 Å². The molecule has 0 unspecified atom stereocenters. The number of guanidine groups is 1. The van der Waals surface area contributed by atoms with Crippen molar-refractivity contribution < 1.29 is 17.6 Å². The zero-order valence-electron chi connectivity index (χ0n) is 6.11. The maximum Gasteiger partial charge on any atom is 0.309 e. The second kappa shape index (κ2) is 4.13. The van der Waals surface area contributed by atoms with E-state index in [1.165, 1.54) is 0 Å². The second-order valence-electron chi connectivity index (χ2n) is 2.12. The number of aliphatic imine (C=N–C) groups is 1. The number of hydrogen-bond donors (Lipinski definition) is 2. The smallest absolute Gasteiger partial charge is 0.309 e. The van der Waals surface area contributed by atoms with Crippen molar-refractivity contribution in [3.63, 3.8) is 0 Å². The van der Waals surface area contributed by atoms with Crippen LogP contribution in [0.25, 0.3) is 0 Å². The Morgan fingerprint density at radius 3 is 2.17 bits per heavy atom. The molecule has 4 N–H and O–H groups in total. The molecule has 0 aromatic carbocycles. The molecular formula is C5H9F4N3. The summed E-state index contributed by atoms with van der Waals surface area (Å²) in [4.78, 5) is 3.15. The van der Waals surface area contributed by atoms with Crippen molar-refractivity contribution in [2.24, 2.45) is 16.5 Å². The summed E-state index contributed by atoms with van der Waals surface area (Å²) in [5.41, 5.74) is 9.59. The minimum atomic E-state index is -4.01. The van der Waals surface area contributed by atoms with Gasteiger partial charge in [-0.3, -0.25) is 4.99 Å². The van der Waals surface area contributed by atoms with Crippen LogP contribution in [0.2, 0.25) is 0 Å². The van der Waals surface area contributed by atoms with E-state index in [0.29, 0.717) is 0 Å². The van der Waals surface area contributed by atoms with E-state index >= 15 is 0 Å². The summed E-state index contributed by atoms with van der Waals surface area (Å²) in [6, 6.07) is 0. The van der Waals surface area contributed by atoms with Crippen LogP contribution >= 0.6 is 0 Å². The Hall–Kier alpha value is -1.01. The molecule has 0 heterocycles. The maximum absolute atomic E-state index is 12.1. The minimum absolute atomic E-state index is 0.389. The molecule has 12 heavy (non-hydrogen) atoms. The number of halogens is 4. The zero-order chi connectivity index (χ0) is 9.78. The van der Waals surface area contributed by atoms with E-state index in [9.17, 15) is 17.6 Å². The van der Waals surface area contributed by atoms with Gasteiger partial charge in [0.15, 0.2) is 5.96 Å². The second-order valence-corrected chi connectivity index (χ2v) is 2.12. The van der Waals surface area contributed by atoms with Crippen LogP contribution in [0.1, 0.15) is 6.42 Å². The van der Waals surface area contributed by atoms with Crippen LogP contribution < -0.4 is 11.5 Å². The van der Waals surface area contributed by atoms with Gasteiger partial charge < -0.3 is 11.5 Å². The molecular weight excluding hydrogens is 178 g/mol. The lowest BCUT2D eigenvalue weighted by molar-refractivity contribution is -0.130. The molecule has 0 aromatic rings. The van der Waals surface area contributed by atoms with Crippen LogP contribution in [-0.2, 0) is 0 Å². The van der Waals surface area contributed by atoms with Gasteiger partial charge in [-0.05, 0) is 0 Å². The Bertz CT molecular complexity index is 164. The predicted molar refractivity (Wildman–Crippen MR) is 36.2 cm³/mol. The summed E-state index contributed by atoms with van der Waals surface area (Å²) in [6.07, 6.45) is -4.73. The average Bonchev–Trinajstić information content (AvgIpc) is 1.85. The summed E-state index contributed by atoms with van der Waals surface area (Å²) >= 11 is 0. The van der Waals surface area contributed by atoms with E-state index in [1.807, 2.05) is 0 Å². The number of alkyl halides is 4. The third-order valence-corrected chi connectivity index (χ3v) is 1.06. The molecule has 0 fully saturated rings. The standard InChI is InChI=1S/C5H9F4N3/c6-3(7)5(8,9)1-2-12-4(10)11/h3H,1-2H2,(H4,10,11,12). The van der Waals surface area contributed by atoms with Crippen LogP contribution in [0.15, 0.2) is 4.99 Å². The fourth-order valence-electron chi connectivity index (χ4n) is 0.443.